The fourth-order valence-corrected chi connectivity index (χ4v) is 2.99. The topological polar surface area (TPSA) is 72.8 Å². The molecule has 112 valence electrons. The third-order valence-electron chi connectivity index (χ3n) is 3.01. The van der Waals surface area contributed by atoms with Gasteiger partial charge < -0.3 is 9.47 Å². The Morgan fingerprint density at radius 1 is 1.05 bits per heavy atom. The van der Waals surface area contributed by atoms with E-state index in [4.69, 9.17) is 9.47 Å². The first-order valence-corrected chi connectivity index (χ1v) is 7.98. The van der Waals surface area contributed by atoms with Crippen LogP contribution < -0.4 is 14.8 Å². The van der Waals surface area contributed by atoms with E-state index in [0.717, 1.165) is 10.9 Å². The molecule has 0 radical (unpaired) electrons. The Hall–Kier alpha value is -1.62. The van der Waals surface area contributed by atoms with Gasteiger partial charge in [0.2, 0.25) is 0 Å². The normalized spacial score (nSPS) is 11.2. The van der Waals surface area contributed by atoms with E-state index >= 15 is 0 Å². The van der Waals surface area contributed by atoms with Gasteiger partial charge in [-0.2, -0.15) is 8.42 Å². The Balaban J connectivity index is 2.66. The van der Waals surface area contributed by atoms with Crippen molar-refractivity contribution in [2.75, 3.05) is 14.2 Å². The van der Waals surface area contributed by atoms with Crippen molar-refractivity contribution < 1.29 is 22.4 Å². The number of benzene rings is 2. The van der Waals surface area contributed by atoms with E-state index in [1.165, 1.54) is 19.2 Å². The second-order valence-electron chi connectivity index (χ2n) is 4.29. The van der Waals surface area contributed by atoms with Gasteiger partial charge in [0.1, 0.15) is 16.4 Å². The van der Waals surface area contributed by atoms with E-state index in [1.54, 1.807) is 25.3 Å². The molecule has 2 aromatic rings. The van der Waals surface area contributed by atoms with Crippen molar-refractivity contribution in [2.45, 2.75) is 4.90 Å². The molecule has 0 saturated heterocycles. The van der Waals surface area contributed by atoms with Crippen molar-refractivity contribution in [2.24, 2.45) is 0 Å². The zero-order chi connectivity index (χ0) is 15.6. The fourth-order valence-electron chi connectivity index (χ4n) is 1.96. The Morgan fingerprint density at radius 3 is 2.33 bits per heavy atom. The average Bonchev–Trinajstić information content (AvgIpc) is 2.46. The van der Waals surface area contributed by atoms with Gasteiger partial charge in [0.15, 0.2) is 0 Å². The summed E-state index contributed by atoms with van der Waals surface area (Å²) in [6, 6.07) is 10.0. The van der Waals surface area contributed by atoms with Gasteiger partial charge in [-0.25, -0.2) is 0 Å². The first-order valence-electron chi connectivity index (χ1n) is 5.96. The van der Waals surface area contributed by atoms with Crippen LogP contribution in [0.25, 0.3) is 11.1 Å². The Morgan fingerprint density at radius 2 is 1.76 bits per heavy atom. The highest BCUT2D eigenvalue weighted by Crippen LogP contribution is 2.31. The molecule has 0 aliphatic rings. The van der Waals surface area contributed by atoms with Crippen molar-refractivity contribution in [3.05, 3.63) is 36.4 Å². The largest absolute Gasteiger partial charge is 0.497 e. The molecule has 0 amide bonds. The monoisotopic (exact) mass is 326 g/mol. The molecule has 1 N–H and O–H groups in total. The van der Waals surface area contributed by atoms with Gasteiger partial charge in [0, 0.05) is 0 Å². The minimum Gasteiger partial charge on any atom is -0.497 e. The van der Waals surface area contributed by atoms with Gasteiger partial charge in [-0.1, -0.05) is 12.1 Å². The number of ether oxygens (including phenoxy) is 2. The maximum absolute atomic E-state index is 11.4. The predicted octanol–water partition coefficient (Wildman–Crippen LogP) is 2.12. The van der Waals surface area contributed by atoms with Crippen LogP contribution in [0.5, 0.6) is 11.5 Å². The summed E-state index contributed by atoms with van der Waals surface area (Å²) >= 11 is 0. The van der Waals surface area contributed by atoms with Crippen LogP contribution in [-0.4, -0.2) is 27.2 Å². The molecule has 7 heteroatoms. The Labute approximate surface area is 125 Å². The van der Waals surface area contributed by atoms with Crippen LogP contribution >= 0.6 is 9.24 Å². The zero-order valence-electron chi connectivity index (χ0n) is 11.5. The molecule has 1 unspecified atom stereocenters. The number of rotatable bonds is 4. The van der Waals surface area contributed by atoms with Crippen molar-refractivity contribution in [1.29, 1.82) is 0 Å². The van der Waals surface area contributed by atoms with Crippen LogP contribution in [0.1, 0.15) is 0 Å². The van der Waals surface area contributed by atoms with Crippen LogP contribution in [0.15, 0.2) is 41.3 Å². The van der Waals surface area contributed by atoms with Gasteiger partial charge >= 0.3 is 0 Å². The van der Waals surface area contributed by atoms with Gasteiger partial charge in [0.25, 0.3) is 10.1 Å². The van der Waals surface area contributed by atoms with Gasteiger partial charge in [0.05, 0.1) is 14.2 Å². The van der Waals surface area contributed by atoms with Crippen LogP contribution in [0, 0.1) is 0 Å². The molecule has 0 bridgehead atoms. The maximum atomic E-state index is 11.4. The van der Waals surface area contributed by atoms with E-state index < -0.39 is 10.1 Å². The molecule has 5 nitrogen and oxygen atoms in total. The predicted molar refractivity (Wildman–Crippen MR) is 84.1 cm³/mol. The van der Waals surface area contributed by atoms with E-state index in [2.05, 4.69) is 9.24 Å². The summed E-state index contributed by atoms with van der Waals surface area (Å²) in [4.78, 5) is -0.269. The molecule has 0 fully saturated rings. The lowest BCUT2D eigenvalue weighted by Gasteiger charge is -2.11. The molecular formula is C14H15O5PS. The Kier molecular flexibility index (Phi) is 4.52. The molecular weight excluding hydrogens is 311 g/mol. The van der Waals surface area contributed by atoms with Crippen LogP contribution in [0.2, 0.25) is 0 Å². The van der Waals surface area contributed by atoms with Crippen molar-refractivity contribution in [3.63, 3.8) is 0 Å². The summed E-state index contributed by atoms with van der Waals surface area (Å²) in [7, 11) is 1.11. The molecule has 0 saturated carbocycles. The van der Waals surface area contributed by atoms with E-state index in [-0.39, 0.29) is 10.6 Å². The van der Waals surface area contributed by atoms with E-state index in [1.807, 2.05) is 6.07 Å². The van der Waals surface area contributed by atoms with Crippen LogP contribution in [0.3, 0.4) is 0 Å². The smallest absolute Gasteiger partial charge is 0.298 e. The standard InChI is InChI=1S/C14H15O5PS/c1-18-10-4-6-13(20)11(8-10)9-3-5-12(19-2)14(7-9)21(15,16)17/h3-8H,20H2,1-2H3,(H,15,16,17). The molecule has 0 aromatic heterocycles. The lowest BCUT2D eigenvalue weighted by atomic mass is 10.1. The summed E-state index contributed by atoms with van der Waals surface area (Å²) in [5, 5.41) is 0.877. The van der Waals surface area contributed by atoms with Crippen molar-refractivity contribution >= 4 is 24.7 Å². The second-order valence-corrected chi connectivity index (χ2v) is 6.31. The summed E-state index contributed by atoms with van der Waals surface area (Å²) in [5.41, 5.74) is 1.42. The summed E-state index contributed by atoms with van der Waals surface area (Å²) in [5.74, 6) is 0.745. The molecule has 2 aromatic carbocycles. The molecule has 21 heavy (non-hydrogen) atoms. The molecule has 0 aliphatic heterocycles. The third-order valence-corrected chi connectivity index (χ3v) is 4.39. The highest BCUT2D eigenvalue weighted by Gasteiger charge is 2.18. The van der Waals surface area contributed by atoms with E-state index in [9.17, 15) is 13.0 Å². The summed E-state index contributed by atoms with van der Waals surface area (Å²) in [6.07, 6.45) is 0. The highest BCUT2D eigenvalue weighted by molar-refractivity contribution is 7.86. The fraction of sp³-hybridized carbons (Fsp3) is 0.143. The molecule has 0 aliphatic carbocycles. The van der Waals surface area contributed by atoms with E-state index in [0.29, 0.717) is 11.3 Å². The lowest BCUT2D eigenvalue weighted by Crippen LogP contribution is -2.03. The molecule has 1 atom stereocenters. The first-order chi connectivity index (χ1) is 9.86. The average molecular weight is 326 g/mol. The highest BCUT2D eigenvalue weighted by atomic mass is 32.2. The summed E-state index contributed by atoms with van der Waals surface area (Å²) in [6.45, 7) is 0. The third kappa shape index (κ3) is 3.35. The van der Waals surface area contributed by atoms with Gasteiger partial charge in [-0.15, -0.1) is 9.24 Å². The lowest BCUT2D eigenvalue weighted by molar-refractivity contribution is 0.397. The van der Waals surface area contributed by atoms with Crippen molar-refractivity contribution in [1.82, 2.24) is 0 Å². The second kappa shape index (κ2) is 6.02. The minimum atomic E-state index is -4.37. The number of hydrogen-bond donors (Lipinski definition) is 1. The van der Waals surface area contributed by atoms with Gasteiger partial charge in [-0.05, 0) is 40.7 Å². The molecule has 2 rings (SSSR count). The first kappa shape index (κ1) is 15.8. The molecule has 0 heterocycles. The maximum Gasteiger partial charge on any atom is 0.298 e. The van der Waals surface area contributed by atoms with Crippen molar-refractivity contribution in [3.8, 4) is 22.6 Å². The molecule has 0 spiro atoms. The van der Waals surface area contributed by atoms with Crippen LogP contribution in [-0.2, 0) is 10.1 Å². The number of hydrogen-bond acceptors (Lipinski definition) is 4. The van der Waals surface area contributed by atoms with Crippen LogP contribution in [0.4, 0.5) is 0 Å². The quantitative estimate of drug-likeness (QED) is 0.688. The SMILES string of the molecule is COc1ccc(P)c(-c2ccc(OC)c(S(=O)(=O)O)c2)c1. The minimum absolute atomic E-state index is 0.0921. The zero-order valence-corrected chi connectivity index (χ0v) is 13.5. The Bertz CT molecular complexity index is 771. The number of methoxy groups -OCH3 is 2. The summed E-state index contributed by atoms with van der Waals surface area (Å²) < 4.78 is 42.3. The van der Waals surface area contributed by atoms with Gasteiger partial charge in [-0.3, -0.25) is 4.55 Å².